The molecular formula is C35H42N4O. The molecule has 40 heavy (non-hydrogen) atoms. The third-order valence-corrected chi connectivity index (χ3v) is 8.05. The van der Waals surface area contributed by atoms with Gasteiger partial charge in [0.1, 0.15) is 0 Å². The maximum Gasteiger partial charge on any atom is 0.252 e. The van der Waals surface area contributed by atoms with Crippen molar-refractivity contribution in [2.45, 2.75) is 46.2 Å². The van der Waals surface area contributed by atoms with Crippen LogP contribution in [0.5, 0.6) is 0 Å². The topological polar surface area (TPSA) is 48.5 Å². The maximum absolute atomic E-state index is 14.3. The Hall–Kier alpha value is -3.54. The molecule has 1 saturated heterocycles. The van der Waals surface area contributed by atoms with E-state index in [4.69, 9.17) is 4.98 Å². The van der Waals surface area contributed by atoms with E-state index < -0.39 is 0 Å². The van der Waals surface area contributed by atoms with Gasteiger partial charge in [0.25, 0.3) is 5.91 Å². The summed E-state index contributed by atoms with van der Waals surface area (Å²) in [7, 11) is 0. The third kappa shape index (κ3) is 6.60. The van der Waals surface area contributed by atoms with Crippen molar-refractivity contribution in [2.24, 2.45) is 5.92 Å². The van der Waals surface area contributed by atoms with E-state index in [1.807, 2.05) is 60.7 Å². The minimum atomic E-state index is -0.0573. The number of pyridine rings is 1. The van der Waals surface area contributed by atoms with Gasteiger partial charge >= 0.3 is 0 Å². The number of fused-ring (bicyclic) bond motifs is 1. The van der Waals surface area contributed by atoms with Gasteiger partial charge in [-0.3, -0.25) is 9.69 Å². The zero-order valence-electron chi connectivity index (χ0n) is 24.1. The Bertz CT molecular complexity index is 1400. The zero-order chi connectivity index (χ0) is 27.9. The SMILES string of the molecule is CC[C@H](NC(=O)c1c(CN2CCN(CCC(C)C)CC2)c(-c2ccccc2)nc2ccccc12)c1ccccc1. The maximum atomic E-state index is 14.3. The van der Waals surface area contributed by atoms with Gasteiger partial charge in [-0.1, -0.05) is 99.6 Å². The Morgan fingerprint density at radius 3 is 2.15 bits per heavy atom. The fourth-order valence-electron chi connectivity index (χ4n) is 5.67. The Morgan fingerprint density at radius 2 is 1.48 bits per heavy atom. The molecule has 1 amide bonds. The lowest BCUT2D eigenvalue weighted by Crippen LogP contribution is -2.46. The molecule has 0 unspecified atom stereocenters. The molecule has 1 N–H and O–H groups in total. The first-order valence-corrected chi connectivity index (χ1v) is 14.8. The first-order chi connectivity index (χ1) is 19.5. The number of piperazine rings is 1. The number of nitrogens with one attached hydrogen (secondary N) is 1. The standard InChI is InChI=1S/C35H42N4O/c1-4-31(27-13-7-5-8-14-27)37-35(40)33-29-17-11-12-18-32(29)36-34(28-15-9-6-10-16-28)30(33)25-39-23-21-38(22-24-39)20-19-26(2)3/h5-18,26,31H,4,19-25H2,1-3H3,(H,37,40)/t31-/m0/s1. The van der Waals surface area contributed by atoms with E-state index in [1.165, 1.54) is 6.42 Å². The number of carbonyl (C=O) groups excluding carboxylic acids is 1. The van der Waals surface area contributed by atoms with Crippen molar-refractivity contribution in [3.8, 4) is 11.3 Å². The van der Waals surface area contributed by atoms with Crippen molar-refractivity contribution in [1.82, 2.24) is 20.1 Å². The molecule has 1 fully saturated rings. The van der Waals surface area contributed by atoms with Gasteiger partial charge in [-0.25, -0.2) is 4.98 Å². The Morgan fingerprint density at radius 1 is 0.850 bits per heavy atom. The van der Waals surface area contributed by atoms with Crippen molar-refractivity contribution in [1.29, 1.82) is 0 Å². The van der Waals surface area contributed by atoms with Gasteiger partial charge in [0.05, 0.1) is 22.8 Å². The molecule has 5 rings (SSSR count). The van der Waals surface area contributed by atoms with Gasteiger partial charge in [-0.2, -0.15) is 0 Å². The van der Waals surface area contributed by atoms with Crippen LogP contribution in [-0.4, -0.2) is 53.4 Å². The highest BCUT2D eigenvalue weighted by atomic mass is 16.1. The number of hydrogen-bond acceptors (Lipinski definition) is 4. The molecule has 3 aromatic carbocycles. The van der Waals surface area contributed by atoms with Crippen molar-refractivity contribution < 1.29 is 4.79 Å². The average Bonchev–Trinajstić information content (AvgIpc) is 2.99. The minimum absolute atomic E-state index is 0.0305. The second-order valence-corrected chi connectivity index (χ2v) is 11.3. The van der Waals surface area contributed by atoms with E-state index >= 15 is 0 Å². The van der Waals surface area contributed by atoms with Crippen LogP contribution < -0.4 is 5.32 Å². The lowest BCUT2D eigenvalue weighted by molar-refractivity contribution is 0.0932. The molecule has 0 saturated carbocycles. The van der Waals surface area contributed by atoms with E-state index in [0.29, 0.717) is 6.54 Å². The molecule has 5 nitrogen and oxygen atoms in total. The summed E-state index contributed by atoms with van der Waals surface area (Å²) in [6, 6.07) is 28.6. The Balaban J connectivity index is 1.53. The lowest BCUT2D eigenvalue weighted by atomic mass is 9.94. The van der Waals surface area contributed by atoms with Gasteiger partial charge in [-0.05, 0) is 36.9 Å². The van der Waals surface area contributed by atoms with Gasteiger partial charge in [-0.15, -0.1) is 0 Å². The molecule has 0 bridgehead atoms. The van der Waals surface area contributed by atoms with Gasteiger partial charge in [0, 0.05) is 49.2 Å². The summed E-state index contributed by atoms with van der Waals surface area (Å²) >= 11 is 0. The summed E-state index contributed by atoms with van der Waals surface area (Å²) < 4.78 is 0. The first-order valence-electron chi connectivity index (χ1n) is 14.8. The van der Waals surface area contributed by atoms with E-state index in [0.717, 1.165) is 83.9 Å². The summed E-state index contributed by atoms with van der Waals surface area (Å²) in [5, 5.41) is 4.30. The number of para-hydroxylation sites is 1. The van der Waals surface area contributed by atoms with Crippen LogP contribution >= 0.6 is 0 Å². The van der Waals surface area contributed by atoms with Crippen LogP contribution in [0, 0.1) is 5.92 Å². The number of nitrogens with zero attached hydrogens (tertiary/aromatic N) is 3. The summed E-state index contributed by atoms with van der Waals surface area (Å²) in [5.74, 6) is 0.691. The number of amides is 1. The van der Waals surface area contributed by atoms with Gasteiger partial charge in [0.15, 0.2) is 0 Å². The Labute approximate surface area is 239 Å². The number of rotatable bonds is 10. The summed E-state index contributed by atoms with van der Waals surface area (Å²) in [6.45, 7) is 12.7. The van der Waals surface area contributed by atoms with Crippen LogP contribution in [0.1, 0.15) is 61.1 Å². The molecule has 0 spiro atoms. The largest absolute Gasteiger partial charge is 0.345 e. The normalized spacial score (nSPS) is 15.4. The first kappa shape index (κ1) is 28.0. The number of hydrogen-bond donors (Lipinski definition) is 1. The quantitative estimate of drug-likeness (QED) is 0.239. The zero-order valence-corrected chi connectivity index (χ0v) is 24.1. The van der Waals surface area contributed by atoms with E-state index in [2.05, 4.69) is 60.2 Å². The molecule has 4 aromatic rings. The molecule has 0 aliphatic carbocycles. The molecule has 208 valence electrons. The highest BCUT2D eigenvalue weighted by Gasteiger charge is 2.26. The van der Waals surface area contributed by atoms with Crippen molar-refractivity contribution in [2.75, 3.05) is 32.7 Å². The van der Waals surface area contributed by atoms with E-state index in [9.17, 15) is 4.79 Å². The summed E-state index contributed by atoms with van der Waals surface area (Å²) in [4.78, 5) is 24.5. The predicted molar refractivity (Wildman–Crippen MR) is 165 cm³/mol. The fourth-order valence-corrected chi connectivity index (χ4v) is 5.67. The second kappa shape index (κ2) is 13.2. The van der Waals surface area contributed by atoms with Crippen LogP contribution in [-0.2, 0) is 6.54 Å². The molecule has 5 heteroatoms. The molecule has 1 aliphatic rings. The van der Waals surface area contributed by atoms with Crippen molar-refractivity contribution >= 4 is 16.8 Å². The molecular weight excluding hydrogens is 492 g/mol. The fraction of sp³-hybridized carbons (Fsp3) is 0.371. The van der Waals surface area contributed by atoms with Crippen LogP contribution in [0.25, 0.3) is 22.2 Å². The van der Waals surface area contributed by atoms with Gasteiger partial charge in [0.2, 0.25) is 0 Å². The van der Waals surface area contributed by atoms with E-state index in [1.54, 1.807) is 0 Å². The molecule has 1 aliphatic heterocycles. The average molecular weight is 535 g/mol. The smallest absolute Gasteiger partial charge is 0.252 e. The number of benzene rings is 3. The monoisotopic (exact) mass is 534 g/mol. The van der Waals surface area contributed by atoms with Crippen molar-refractivity contribution in [3.05, 3.63) is 102 Å². The second-order valence-electron chi connectivity index (χ2n) is 11.3. The highest BCUT2D eigenvalue weighted by molar-refractivity contribution is 6.09. The summed E-state index contributed by atoms with van der Waals surface area (Å²) in [6.07, 6.45) is 2.05. The number of carbonyl (C=O) groups is 1. The van der Waals surface area contributed by atoms with Crippen molar-refractivity contribution in [3.63, 3.8) is 0 Å². The van der Waals surface area contributed by atoms with Crippen LogP contribution in [0.2, 0.25) is 0 Å². The van der Waals surface area contributed by atoms with Gasteiger partial charge < -0.3 is 10.2 Å². The molecule has 0 radical (unpaired) electrons. The van der Waals surface area contributed by atoms with Crippen LogP contribution in [0.3, 0.4) is 0 Å². The Kier molecular flexibility index (Phi) is 9.25. The summed E-state index contributed by atoms with van der Waals surface area (Å²) in [5.41, 5.74) is 5.69. The third-order valence-electron chi connectivity index (χ3n) is 8.05. The predicted octanol–water partition coefficient (Wildman–Crippen LogP) is 6.95. The molecule has 2 heterocycles. The van der Waals surface area contributed by atoms with Crippen LogP contribution in [0.4, 0.5) is 0 Å². The lowest BCUT2D eigenvalue weighted by Gasteiger charge is -2.35. The molecule has 1 aromatic heterocycles. The minimum Gasteiger partial charge on any atom is -0.345 e. The molecule has 1 atom stereocenters. The van der Waals surface area contributed by atoms with E-state index in [-0.39, 0.29) is 11.9 Å². The number of aromatic nitrogens is 1. The van der Waals surface area contributed by atoms with Crippen LogP contribution in [0.15, 0.2) is 84.9 Å². The highest BCUT2D eigenvalue weighted by Crippen LogP contribution is 2.32.